The molecule has 0 radical (unpaired) electrons. The van der Waals surface area contributed by atoms with Crippen molar-refractivity contribution in [2.45, 2.75) is 55.4 Å². The number of hydrogen-bond acceptors (Lipinski definition) is 6. The molecule has 2 heterocycles. The number of rotatable bonds is 9. The van der Waals surface area contributed by atoms with Gasteiger partial charge >= 0.3 is 5.97 Å². The molecule has 0 aliphatic carbocycles. The summed E-state index contributed by atoms with van der Waals surface area (Å²) in [5.74, 6) is -0.549. The van der Waals surface area contributed by atoms with Gasteiger partial charge in [-0.25, -0.2) is 0 Å². The predicted octanol–water partition coefficient (Wildman–Crippen LogP) is 4.73. The molecule has 0 amide bonds. The van der Waals surface area contributed by atoms with Gasteiger partial charge in [0.05, 0.1) is 19.6 Å². The van der Waals surface area contributed by atoms with Crippen LogP contribution in [0.4, 0.5) is 0 Å². The van der Waals surface area contributed by atoms with Gasteiger partial charge in [-0.15, -0.1) is 0 Å². The van der Waals surface area contributed by atoms with E-state index in [1.54, 1.807) is 12.1 Å². The number of piperidine rings is 1. The van der Waals surface area contributed by atoms with Crippen LogP contribution in [0.2, 0.25) is 0 Å². The molecule has 184 valence electrons. The van der Waals surface area contributed by atoms with Crippen LogP contribution in [0.25, 0.3) is 0 Å². The van der Waals surface area contributed by atoms with Gasteiger partial charge in [-0.1, -0.05) is 42.5 Å². The van der Waals surface area contributed by atoms with Crippen molar-refractivity contribution >= 4 is 38.7 Å². The molecule has 34 heavy (non-hydrogen) atoms. The maximum Gasteiger partial charge on any atom is 0.311 e. The minimum atomic E-state index is -3.67. The van der Waals surface area contributed by atoms with Gasteiger partial charge in [0, 0.05) is 21.1 Å². The van der Waals surface area contributed by atoms with Crippen molar-refractivity contribution in [3.63, 3.8) is 0 Å². The van der Waals surface area contributed by atoms with Gasteiger partial charge in [0.25, 0.3) is 10.1 Å². The zero-order chi connectivity index (χ0) is 24.3. The van der Waals surface area contributed by atoms with E-state index in [1.165, 1.54) is 12.7 Å². The molecule has 0 unspecified atom stereocenters. The fourth-order valence-corrected chi connectivity index (χ4v) is 7.41. The molecule has 0 N–H and O–H groups in total. The molecule has 4 rings (SSSR count). The highest BCUT2D eigenvalue weighted by Crippen LogP contribution is 2.55. The molecule has 8 heteroatoms. The van der Waals surface area contributed by atoms with E-state index in [0.29, 0.717) is 24.4 Å². The number of carbonyl (C=O) groups excluding carboxylic acids is 1. The molecule has 0 aromatic heterocycles. The minimum Gasteiger partial charge on any atom is -0.469 e. The molecular weight excluding hydrogens is 565 g/mol. The number of methoxy groups -OCH3 is 1. The van der Waals surface area contributed by atoms with E-state index in [0.717, 1.165) is 22.8 Å². The number of hydrogen-bond donors (Lipinski definition) is 0. The third-order valence-electron chi connectivity index (χ3n) is 7.62. The van der Waals surface area contributed by atoms with Crippen LogP contribution in [-0.2, 0) is 29.6 Å². The molecule has 6 nitrogen and oxygen atoms in total. The summed E-state index contributed by atoms with van der Waals surface area (Å²) in [5.41, 5.74) is 1.51. The van der Waals surface area contributed by atoms with E-state index in [2.05, 4.69) is 58.8 Å². The Morgan fingerprint density at radius 1 is 1.15 bits per heavy atom. The van der Waals surface area contributed by atoms with Crippen LogP contribution in [0, 0.1) is 9.49 Å². The third kappa shape index (κ3) is 5.34. The highest BCUT2D eigenvalue weighted by molar-refractivity contribution is 14.1. The second-order valence-electron chi connectivity index (χ2n) is 9.41. The van der Waals surface area contributed by atoms with Crippen molar-refractivity contribution in [3.8, 4) is 0 Å². The monoisotopic (exact) mass is 597 g/mol. The quantitative estimate of drug-likeness (QED) is 0.180. The van der Waals surface area contributed by atoms with Crippen molar-refractivity contribution in [2.75, 3.05) is 20.8 Å². The summed E-state index contributed by atoms with van der Waals surface area (Å²) in [6.07, 6.45) is 4.07. The van der Waals surface area contributed by atoms with Crippen LogP contribution in [0.3, 0.4) is 0 Å². The lowest BCUT2D eigenvalue weighted by molar-refractivity contribution is -0.155. The summed E-state index contributed by atoms with van der Waals surface area (Å²) in [4.78, 5) is 15.5. The maximum atomic E-state index is 13.2. The molecule has 2 aliphatic rings. The van der Waals surface area contributed by atoms with Crippen molar-refractivity contribution < 1.29 is 22.1 Å². The second-order valence-corrected chi connectivity index (χ2v) is 12.3. The lowest BCUT2D eigenvalue weighted by Gasteiger charge is -2.51. The summed E-state index contributed by atoms with van der Waals surface area (Å²) in [7, 11) is -0.104. The van der Waals surface area contributed by atoms with Crippen molar-refractivity contribution in [1.29, 1.82) is 0 Å². The van der Waals surface area contributed by atoms with Gasteiger partial charge in [0.15, 0.2) is 0 Å². The second kappa shape index (κ2) is 10.6. The van der Waals surface area contributed by atoms with Crippen molar-refractivity contribution in [3.05, 3.63) is 69.3 Å². The average molecular weight is 598 g/mol. The van der Waals surface area contributed by atoms with E-state index in [4.69, 9.17) is 8.92 Å². The Balaban J connectivity index is 1.49. The lowest BCUT2D eigenvalue weighted by Crippen LogP contribution is -2.59. The largest absolute Gasteiger partial charge is 0.469 e. The van der Waals surface area contributed by atoms with Crippen molar-refractivity contribution in [2.24, 2.45) is 5.92 Å². The standard InChI is InChI=1S/C26H32INO5S/c1-28-22-13-15-26(28,14-6-16-33-34(30,31)18-19-7-4-3-5-8-19)24(25(29)32-2)23(17-22)20-9-11-21(27)12-10-20/h3-5,7-12,22-24H,6,13-18H2,1-2H3/t22-,23+,24+,26+/m0/s1. The minimum absolute atomic E-state index is 0.0795. The molecule has 2 aromatic carbocycles. The number of fused-ring (bicyclic) bond motifs is 2. The van der Waals surface area contributed by atoms with E-state index >= 15 is 0 Å². The first-order valence-electron chi connectivity index (χ1n) is 11.7. The van der Waals surface area contributed by atoms with E-state index < -0.39 is 10.1 Å². The summed E-state index contributed by atoms with van der Waals surface area (Å²) in [6.45, 7) is 0.109. The Morgan fingerprint density at radius 2 is 1.85 bits per heavy atom. The number of benzene rings is 2. The first-order chi connectivity index (χ1) is 16.3. The topological polar surface area (TPSA) is 72.9 Å². The van der Waals surface area contributed by atoms with Crippen LogP contribution in [0.5, 0.6) is 0 Å². The molecule has 2 aromatic rings. The normalized spacial score (nSPS) is 27.0. The highest BCUT2D eigenvalue weighted by Gasteiger charge is 2.59. The summed E-state index contributed by atoms with van der Waals surface area (Å²) >= 11 is 2.29. The molecule has 2 bridgehead atoms. The zero-order valence-electron chi connectivity index (χ0n) is 19.7. The molecule has 0 saturated carbocycles. The van der Waals surface area contributed by atoms with Crippen LogP contribution >= 0.6 is 22.6 Å². The fraction of sp³-hybridized carbons (Fsp3) is 0.500. The molecule has 0 spiro atoms. The van der Waals surface area contributed by atoms with Gasteiger partial charge in [0.1, 0.15) is 5.75 Å². The Bertz CT molecular complexity index is 1090. The maximum absolute atomic E-state index is 13.2. The molecule has 4 atom stereocenters. The predicted molar refractivity (Wildman–Crippen MR) is 140 cm³/mol. The van der Waals surface area contributed by atoms with Gasteiger partial charge < -0.3 is 4.74 Å². The molecular formula is C26H32INO5S. The molecule has 2 saturated heterocycles. The Labute approximate surface area is 216 Å². The number of esters is 1. The van der Waals surface area contributed by atoms with Crippen LogP contribution in [-0.4, -0.2) is 51.6 Å². The smallest absolute Gasteiger partial charge is 0.311 e. The van der Waals surface area contributed by atoms with Crippen LogP contribution < -0.4 is 0 Å². The SMILES string of the molecule is COC(=O)[C@H]1[C@@H](c2ccc(I)cc2)C[C@@H]2CC[C@@]1(CCCOS(=O)(=O)Cc1ccccc1)N2C. The van der Waals surface area contributed by atoms with E-state index in [-0.39, 0.29) is 35.7 Å². The van der Waals surface area contributed by atoms with E-state index in [1.807, 2.05) is 18.2 Å². The number of halogens is 1. The average Bonchev–Trinajstić information content (AvgIpc) is 3.01. The Morgan fingerprint density at radius 3 is 2.53 bits per heavy atom. The van der Waals surface area contributed by atoms with Gasteiger partial charge in [-0.05, 0) is 85.0 Å². The molecule has 2 fully saturated rings. The zero-order valence-corrected chi connectivity index (χ0v) is 22.6. The molecule has 2 aliphatic heterocycles. The number of carbonyl (C=O) groups is 1. The third-order valence-corrected chi connectivity index (χ3v) is 9.56. The fourth-order valence-electron chi connectivity index (χ4n) is 5.99. The van der Waals surface area contributed by atoms with Crippen LogP contribution in [0.15, 0.2) is 54.6 Å². The van der Waals surface area contributed by atoms with Gasteiger partial charge in [-0.2, -0.15) is 8.42 Å². The number of ether oxygens (including phenoxy) is 1. The van der Waals surface area contributed by atoms with Crippen LogP contribution in [0.1, 0.15) is 49.1 Å². The Kier molecular flexibility index (Phi) is 8.01. The number of nitrogens with zero attached hydrogens (tertiary/aromatic N) is 1. The van der Waals surface area contributed by atoms with Gasteiger partial charge in [0.2, 0.25) is 0 Å². The Hall–Kier alpha value is -1.49. The highest BCUT2D eigenvalue weighted by atomic mass is 127. The summed E-state index contributed by atoms with van der Waals surface area (Å²) in [5, 5.41) is 0. The first kappa shape index (κ1) is 25.6. The summed E-state index contributed by atoms with van der Waals surface area (Å²) in [6, 6.07) is 17.9. The lowest BCUT2D eigenvalue weighted by atomic mass is 9.67. The van der Waals surface area contributed by atoms with Crippen molar-refractivity contribution in [1.82, 2.24) is 4.90 Å². The first-order valence-corrected chi connectivity index (χ1v) is 14.4. The van der Waals surface area contributed by atoms with Gasteiger partial charge in [-0.3, -0.25) is 13.9 Å². The van der Waals surface area contributed by atoms with E-state index in [9.17, 15) is 13.2 Å². The summed E-state index contributed by atoms with van der Waals surface area (Å²) < 4.78 is 36.7.